The van der Waals surface area contributed by atoms with Gasteiger partial charge < -0.3 is 14.2 Å². The van der Waals surface area contributed by atoms with E-state index in [1.807, 2.05) is 42.5 Å². The van der Waals surface area contributed by atoms with Gasteiger partial charge in [-0.3, -0.25) is 4.79 Å². The van der Waals surface area contributed by atoms with Gasteiger partial charge in [0.2, 0.25) is 11.7 Å². The summed E-state index contributed by atoms with van der Waals surface area (Å²) in [5.41, 5.74) is 0.864. The molecule has 1 amide bonds. The van der Waals surface area contributed by atoms with Gasteiger partial charge >= 0.3 is 0 Å². The lowest BCUT2D eigenvalue weighted by Crippen LogP contribution is -2.37. The van der Waals surface area contributed by atoms with Crippen LogP contribution in [0.25, 0.3) is 11.4 Å². The molecule has 3 aromatic rings. The van der Waals surface area contributed by atoms with Crippen molar-refractivity contribution in [1.82, 2.24) is 15.0 Å². The summed E-state index contributed by atoms with van der Waals surface area (Å²) in [5.74, 6) is 1.33. The van der Waals surface area contributed by atoms with Crippen LogP contribution in [0.2, 0.25) is 0 Å². The van der Waals surface area contributed by atoms with Gasteiger partial charge in [-0.1, -0.05) is 51.4 Å². The van der Waals surface area contributed by atoms with Crippen LogP contribution in [0.5, 0.6) is 5.75 Å². The van der Waals surface area contributed by atoms with E-state index < -0.39 is 6.10 Å². The zero-order chi connectivity index (χ0) is 18.5. The third-order valence-electron chi connectivity index (χ3n) is 3.72. The van der Waals surface area contributed by atoms with Crippen LogP contribution < -0.4 is 4.74 Å². The standard InChI is InChI=1S/C19H18BrN3O3/c1-13(25-16-10-8-15(20)9-11-16)19(24)23(2)12-17-21-18(22-26-17)14-6-4-3-5-7-14/h3-11,13H,12H2,1-2H3/t13-/m0/s1. The Morgan fingerprint density at radius 3 is 2.58 bits per heavy atom. The van der Waals surface area contributed by atoms with E-state index >= 15 is 0 Å². The number of nitrogens with zero attached hydrogens (tertiary/aromatic N) is 3. The minimum Gasteiger partial charge on any atom is -0.481 e. The van der Waals surface area contributed by atoms with Crippen molar-refractivity contribution in [1.29, 1.82) is 0 Å². The van der Waals surface area contributed by atoms with Gasteiger partial charge in [0.15, 0.2) is 6.10 Å². The van der Waals surface area contributed by atoms with Crippen LogP contribution in [0.1, 0.15) is 12.8 Å². The molecule has 0 saturated carbocycles. The van der Waals surface area contributed by atoms with Crippen LogP contribution in [0, 0.1) is 0 Å². The Hall–Kier alpha value is -2.67. The molecule has 0 unspecified atom stereocenters. The molecule has 26 heavy (non-hydrogen) atoms. The maximum Gasteiger partial charge on any atom is 0.263 e. The average molecular weight is 416 g/mol. The van der Waals surface area contributed by atoms with E-state index in [1.54, 1.807) is 26.1 Å². The van der Waals surface area contributed by atoms with Gasteiger partial charge in [-0.2, -0.15) is 4.98 Å². The van der Waals surface area contributed by atoms with Gasteiger partial charge in [0.1, 0.15) is 5.75 Å². The van der Waals surface area contributed by atoms with Gasteiger partial charge in [-0.25, -0.2) is 0 Å². The molecule has 1 heterocycles. The topological polar surface area (TPSA) is 68.5 Å². The summed E-state index contributed by atoms with van der Waals surface area (Å²) in [4.78, 5) is 18.3. The minimum absolute atomic E-state index is 0.174. The van der Waals surface area contributed by atoms with Crippen LogP contribution in [0.4, 0.5) is 0 Å². The summed E-state index contributed by atoms with van der Waals surface area (Å²) >= 11 is 3.37. The number of carbonyl (C=O) groups is 1. The van der Waals surface area contributed by atoms with E-state index in [1.165, 1.54) is 4.90 Å². The molecule has 0 aliphatic carbocycles. The molecule has 0 N–H and O–H groups in total. The van der Waals surface area contributed by atoms with Gasteiger partial charge in [0.25, 0.3) is 5.91 Å². The first-order chi connectivity index (χ1) is 12.5. The minimum atomic E-state index is -0.627. The highest BCUT2D eigenvalue weighted by Gasteiger charge is 2.21. The van der Waals surface area contributed by atoms with E-state index in [0.717, 1.165) is 10.0 Å². The fourth-order valence-corrected chi connectivity index (χ4v) is 2.65. The zero-order valence-corrected chi connectivity index (χ0v) is 16.0. The first-order valence-electron chi connectivity index (χ1n) is 8.08. The van der Waals surface area contributed by atoms with E-state index in [2.05, 4.69) is 26.1 Å². The second kappa shape index (κ2) is 8.14. The fourth-order valence-electron chi connectivity index (χ4n) is 2.38. The molecule has 2 aromatic carbocycles. The highest BCUT2D eigenvalue weighted by Crippen LogP contribution is 2.18. The van der Waals surface area contributed by atoms with Crippen LogP contribution in [0.3, 0.4) is 0 Å². The van der Waals surface area contributed by atoms with Crippen LogP contribution in [-0.4, -0.2) is 34.1 Å². The second-order valence-corrected chi connectivity index (χ2v) is 6.70. The second-order valence-electron chi connectivity index (χ2n) is 5.79. The summed E-state index contributed by atoms with van der Waals surface area (Å²) in [6, 6.07) is 16.9. The summed E-state index contributed by atoms with van der Waals surface area (Å²) in [7, 11) is 1.68. The number of hydrogen-bond donors (Lipinski definition) is 0. The smallest absolute Gasteiger partial charge is 0.263 e. The van der Waals surface area contributed by atoms with Gasteiger partial charge in [0.05, 0.1) is 6.54 Å². The fraction of sp³-hybridized carbons (Fsp3) is 0.211. The molecule has 1 aromatic heterocycles. The van der Waals surface area contributed by atoms with Crippen molar-refractivity contribution in [2.45, 2.75) is 19.6 Å². The molecule has 6 nitrogen and oxygen atoms in total. The van der Waals surface area contributed by atoms with Crippen molar-refractivity contribution >= 4 is 21.8 Å². The van der Waals surface area contributed by atoms with E-state index in [-0.39, 0.29) is 12.5 Å². The largest absolute Gasteiger partial charge is 0.481 e. The Morgan fingerprint density at radius 2 is 1.88 bits per heavy atom. The molecule has 1 atom stereocenters. The Balaban J connectivity index is 1.60. The number of carbonyl (C=O) groups excluding carboxylic acids is 1. The normalized spacial score (nSPS) is 11.8. The molecule has 3 rings (SSSR count). The molecule has 0 aliphatic heterocycles. The summed E-state index contributed by atoms with van der Waals surface area (Å²) in [5, 5.41) is 3.96. The van der Waals surface area contributed by atoms with Gasteiger partial charge in [0, 0.05) is 17.1 Å². The van der Waals surface area contributed by atoms with Crippen molar-refractivity contribution in [2.24, 2.45) is 0 Å². The Kier molecular flexibility index (Phi) is 5.68. The zero-order valence-electron chi connectivity index (χ0n) is 14.4. The lowest BCUT2D eigenvalue weighted by atomic mass is 10.2. The van der Waals surface area contributed by atoms with E-state index in [4.69, 9.17) is 9.26 Å². The molecule has 0 bridgehead atoms. The van der Waals surface area contributed by atoms with Crippen LogP contribution in [-0.2, 0) is 11.3 Å². The summed E-state index contributed by atoms with van der Waals surface area (Å²) in [6.45, 7) is 1.93. The Labute approximate surface area is 159 Å². The molecule has 134 valence electrons. The Morgan fingerprint density at radius 1 is 1.19 bits per heavy atom. The number of likely N-dealkylation sites (N-methyl/N-ethyl adjacent to an activating group) is 1. The molecule has 0 radical (unpaired) electrons. The third-order valence-corrected chi connectivity index (χ3v) is 4.25. The maximum absolute atomic E-state index is 12.5. The lowest BCUT2D eigenvalue weighted by Gasteiger charge is -2.20. The number of halogens is 1. The van der Waals surface area contributed by atoms with Crippen molar-refractivity contribution in [3.05, 3.63) is 65.0 Å². The highest BCUT2D eigenvalue weighted by atomic mass is 79.9. The average Bonchev–Trinajstić information content (AvgIpc) is 3.12. The number of hydrogen-bond acceptors (Lipinski definition) is 5. The van der Waals surface area contributed by atoms with Gasteiger partial charge in [-0.05, 0) is 31.2 Å². The number of ether oxygens (including phenoxy) is 1. The van der Waals surface area contributed by atoms with Gasteiger partial charge in [-0.15, -0.1) is 0 Å². The Bertz CT molecular complexity index is 865. The monoisotopic (exact) mass is 415 g/mol. The van der Waals surface area contributed by atoms with Crippen molar-refractivity contribution in [2.75, 3.05) is 7.05 Å². The molecule has 7 heteroatoms. The molecule has 0 fully saturated rings. The molecule has 0 aliphatic rings. The first-order valence-corrected chi connectivity index (χ1v) is 8.87. The molecule has 0 saturated heterocycles. The van der Waals surface area contributed by atoms with E-state index in [0.29, 0.717) is 17.5 Å². The van der Waals surface area contributed by atoms with Crippen LogP contribution in [0.15, 0.2) is 63.6 Å². The van der Waals surface area contributed by atoms with Crippen molar-refractivity contribution < 1.29 is 14.1 Å². The predicted molar refractivity (Wildman–Crippen MR) is 100 cm³/mol. The predicted octanol–water partition coefficient (Wildman–Crippen LogP) is 3.93. The third kappa shape index (κ3) is 4.49. The first kappa shape index (κ1) is 18.1. The summed E-state index contributed by atoms with van der Waals surface area (Å²) in [6.07, 6.45) is -0.627. The quantitative estimate of drug-likeness (QED) is 0.609. The SMILES string of the molecule is C[C@H](Oc1ccc(Br)cc1)C(=O)N(C)Cc1nc(-c2ccccc2)no1. The molecular formula is C19H18BrN3O3. The van der Waals surface area contributed by atoms with Crippen molar-refractivity contribution in [3.63, 3.8) is 0 Å². The van der Waals surface area contributed by atoms with Crippen LogP contribution >= 0.6 is 15.9 Å². The maximum atomic E-state index is 12.5. The number of aromatic nitrogens is 2. The summed E-state index contributed by atoms with van der Waals surface area (Å²) < 4.78 is 11.9. The number of amides is 1. The molecule has 0 spiro atoms. The number of benzene rings is 2. The highest BCUT2D eigenvalue weighted by molar-refractivity contribution is 9.10. The number of rotatable bonds is 6. The molecular weight excluding hydrogens is 398 g/mol. The van der Waals surface area contributed by atoms with Crippen molar-refractivity contribution in [3.8, 4) is 17.1 Å². The lowest BCUT2D eigenvalue weighted by molar-refractivity contribution is -0.137. The van der Waals surface area contributed by atoms with E-state index in [9.17, 15) is 4.79 Å².